The number of hydrogen-bond donors (Lipinski definition) is 0. The minimum absolute atomic E-state index is 0.0359. The van der Waals surface area contributed by atoms with Crippen molar-refractivity contribution in [2.24, 2.45) is 0 Å². The molecule has 1 atom stereocenters. The average Bonchev–Trinajstić information content (AvgIpc) is 2.01. The SMILES string of the molecule is C=CCN(CC=C)COS(=O)[O-]. The Labute approximate surface area is 75.0 Å². The van der Waals surface area contributed by atoms with Crippen molar-refractivity contribution in [2.75, 3.05) is 19.8 Å². The fourth-order valence-corrected chi connectivity index (χ4v) is 0.898. The van der Waals surface area contributed by atoms with Gasteiger partial charge in [-0.1, -0.05) is 12.2 Å². The van der Waals surface area contributed by atoms with E-state index < -0.39 is 11.4 Å². The fourth-order valence-electron chi connectivity index (χ4n) is 0.663. The minimum Gasteiger partial charge on any atom is -0.750 e. The van der Waals surface area contributed by atoms with E-state index in [1.807, 2.05) is 0 Å². The lowest BCUT2D eigenvalue weighted by atomic mass is 10.5. The number of hydrogen-bond acceptors (Lipinski definition) is 4. The summed E-state index contributed by atoms with van der Waals surface area (Å²) < 4.78 is 24.4. The molecule has 0 rings (SSSR count). The molecule has 4 nitrogen and oxygen atoms in total. The molecule has 0 amide bonds. The molecule has 0 bridgehead atoms. The standard InChI is InChI=1S/C7H13NO3S/c1-3-5-8(6-4-2)7-11-12(9)10/h3-4H,1-2,5-7H2,(H,9,10)/p-1. The minimum atomic E-state index is -2.45. The molecule has 0 fully saturated rings. The van der Waals surface area contributed by atoms with Gasteiger partial charge in [-0.2, -0.15) is 0 Å². The van der Waals surface area contributed by atoms with Crippen molar-refractivity contribution < 1.29 is 12.9 Å². The monoisotopic (exact) mass is 190 g/mol. The van der Waals surface area contributed by atoms with Gasteiger partial charge in [-0.05, 0) is 0 Å². The predicted molar refractivity (Wildman–Crippen MR) is 46.8 cm³/mol. The number of nitrogens with zero attached hydrogens (tertiary/aromatic N) is 1. The van der Waals surface area contributed by atoms with Gasteiger partial charge >= 0.3 is 0 Å². The summed E-state index contributed by atoms with van der Waals surface area (Å²) in [5.74, 6) is 0. The summed E-state index contributed by atoms with van der Waals surface area (Å²) in [4.78, 5) is 1.73. The van der Waals surface area contributed by atoms with Crippen molar-refractivity contribution in [1.29, 1.82) is 0 Å². The van der Waals surface area contributed by atoms with E-state index >= 15 is 0 Å². The zero-order valence-electron chi connectivity index (χ0n) is 6.77. The Morgan fingerprint density at radius 2 is 1.92 bits per heavy atom. The maximum Gasteiger partial charge on any atom is 0.116 e. The second-order valence-corrected chi connectivity index (χ2v) is 2.71. The molecule has 0 saturated heterocycles. The molecule has 0 aliphatic rings. The van der Waals surface area contributed by atoms with Crippen LogP contribution in [0.15, 0.2) is 25.3 Å². The maximum absolute atomic E-state index is 10.0. The molecule has 0 aromatic carbocycles. The molecule has 0 N–H and O–H groups in total. The number of rotatable bonds is 7. The highest BCUT2D eigenvalue weighted by Crippen LogP contribution is 1.91. The maximum atomic E-state index is 10.0. The Morgan fingerprint density at radius 3 is 2.25 bits per heavy atom. The largest absolute Gasteiger partial charge is 0.750 e. The molecule has 0 aromatic heterocycles. The lowest BCUT2D eigenvalue weighted by Crippen LogP contribution is -2.27. The van der Waals surface area contributed by atoms with Gasteiger partial charge in [0.2, 0.25) is 0 Å². The molecular weight excluding hydrogens is 178 g/mol. The third-order valence-corrected chi connectivity index (χ3v) is 1.40. The summed E-state index contributed by atoms with van der Waals surface area (Å²) in [5.41, 5.74) is 0. The highest BCUT2D eigenvalue weighted by molar-refractivity contribution is 7.74. The van der Waals surface area contributed by atoms with Crippen LogP contribution in [-0.4, -0.2) is 33.5 Å². The van der Waals surface area contributed by atoms with Crippen LogP contribution in [0, 0.1) is 0 Å². The van der Waals surface area contributed by atoms with Gasteiger partial charge in [-0.15, -0.1) is 13.2 Å². The second kappa shape index (κ2) is 7.17. The Hall–Kier alpha value is -0.490. The second-order valence-electron chi connectivity index (χ2n) is 2.06. The molecule has 5 heteroatoms. The average molecular weight is 190 g/mol. The third kappa shape index (κ3) is 6.23. The van der Waals surface area contributed by atoms with Crippen LogP contribution >= 0.6 is 0 Å². The Morgan fingerprint density at radius 1 is 1.42 bits per heavy atom. The third-order valence-electron chi connectivity index (χ3n) is 1.11. The lowest BCUT2D eigenvalue weighted by molar-refractivity contribution is 0.152. The highest BCUT2D eigenvalue weighted by Gasteiger charge is 1.99. The summed E-state index contributed by atoms with van der Waals surface area (Å²) in [6.07, 6.45) is 3.33. The van der Waals surface area contributed by atoms with Crippen molar-refractivity contribution in [3.8, 4) is 0 Å². The molecule has 12 heavy (non-hydrogen) atoms. The normalized spacial score (nSPS) is 12.8. The molecule has 0 radical (unpaired) electrons. The Kier molecular flexibility index (Phi) is 6.88. The van der Waals surface area contributed by atoms with Crippen molar-refractivity contribution >= 4 is 11.4 Å². The van der Waals surface area contributed by atoms with Crippen LogP contribution in [0.4, 0.5) is 0 Å². The van der Waals surface area contributed by atoms with Gasteiger partial charge < -0.3 is 4.55 Å². The van der Waals surface area contributed by atoms with Crippen LogP contribution < -0.4 is 0 Å². The van der Waals surface area contributed by atoms with Crippen molar-refractivity contribution in [3.05, 3.63) is 25.3 Å². The van der Waals surface area contributed by atoms with Crippen LogP contribution in [0.3, 0.4) is 0 Å². The van der Waals surface area contributed by atoms with E-state index in [2.05, 4.69) is 17.3 Å². The zero-order valence-corrected chi connectivity index (χ0v) is 7.59. The van der Waals surface area contributed by atoms with Crippen LogP contribution in [0.2, 0.25) is 0 Å². The summed E-state index contributed by atoms with van der Waals surface area (Å²) in [7, 11) is 0. The lowest BCUT2D eigenvalue weighted by Gasteiger charge is -2.18. The molecule has 0 aliphatic carbocycles. The van der Waals surface area contributed by atoms with Crippen molar-refractivity contribution in [3.63, 3.8) is 0 Å². The van der Waals surface area contributed by atoms with Gasteiger partial charge in [0.25, 0.3) is 0 Å². The highest BCUT2D eigenvalue weighted by atomic mass is 32.2. The van der Waals surface area contributed by atoms with Crippen LogP contribution in [-0.2, 0) is 15.5 Å². The van der Waals surface area contributed by atoms with Crippen molar-refractivity contribution in [1.82, 2.24) is 4.90 Å². The summed E-state index contributed by atoms with van der Waals surface area (Å²) in [6.45, 7) is 8.23. The van der Waals surface area contributed by atoms with E-state index in [9.17, 15) is 8.76 Å². The Balaban J connectivity index is 3.68. The van der Waals surface area contributed by atoms with Gasteiger partial charge in [-0.25, -0.2) is 4.21 Å². The van der Waals surface area contributed by atoms with E-state index in [4.69, 9.17) is 0 Å². The zero-order chi connectivity index (χ0) is 9.40. The molecule has 0 aromatic rings. The van der Waals surface area contributed by atoms with E-state index in [-0.39, 0.29) is 6.73 Å². The topological polar surface area (TPSA) is 52.6 Å². The van der Waals surface area contributed by atoms with E-state index in [1.165, 1.54) is 0 Å². The fraction of sp³-hybridized carbons (Fsp3) is 0.429. The molecule has 0 spiro atoms. The van der Waals surface area contributed by atoms with Gasteiger partial charge in [0.1, 0.15) is 6.73 Å². The first-order valence-corrected chi connectivity index (χ1v) is 4.37. The van der Waals surface area contributed by atoms with Crippen LogP contribution in [0.1, 0.15) is 0 Å². The smallest absolute Gasteiger partial charge is 0.116 e. The van der Waals surface area contributed by atoms with Crippen LogP contribution in [0.25, 0.3) is 0 Å². The molecule has 1 unspecified atom stereocenters. The van der Waals surface area contributed by atoms with Gasteiger partial charge in [0.15, 0.2) is 0 Å². The quantitative estimate of drug-likeness (QED) is 0.332. The first-order valence-electron chi connectivity index (χ1n) is 3.37. The molecule has 70 valence electrons. The molecule has 0 heterocycles. The van der Waals surface area contributed by atoms with Crippen molar-refractivity contribution in [2.45, 2.75) is 0 Å². The Bertz CT molecular complexity index is 162. The van der Waals surface area contributed by atoms with Gasteiger partial charge in [0.05, 0.1) is 11.4 Å². The summed E-state index contributed by atoms with van der Waals surface area (Å²) in [6, 6.07) is 0. The van der Waals surface area contributed by atoms with E-state index in [1.54, 1.807) is 17.1 Å². The summed E-state index contributed by atoms with van der Waals surface area (Å²) in [5, 5.41) is 0. The molecule has 0 saturated carbocycles. The first kappa shape index (κ1) is 11.5. The first-order chi connectivity index (χ1) is 5.70. The predicted octanol–water partition coefficient (Wildman–Crippen LogP) is 0.429. The molecule has 0 aliphatic heterocycles. The van der Waals surface area contributed by atoms with E-state index in [0.717, 1.165) is 0 Å². The summed E-state index contributed by atoms with van der Waals surface area (Å²) >= 11 is -2.45. The molecular formula is C7H12NO3S-. The van der Waals surface area contributed by atoms with E-state index in [0.29, 0.717) is 13.1 Å². The van der Waals surface area contributed by atoms with Gasteiger partial charge in [-0.3, -0.25) is 9.08 Å². The van der Waals surface area contributed by atoms with Gasteiger partial charge in [0, 0.05) is 13.1 Å². The van der Waals surface area contributed by atoms with Crippen LogP contribution in [0.5, 0.6) is 0 Å².